The fourth-order valence-corrected chi connectivity index (χ4v) is 2.81. The second kappa shape index (κ2) is 6.49. The van der Waals surface area contributed by atoms with Crippen LogP contribution in [0.4, 0.5) is 0 Å². The predicted molar refractivity (Wildman–Crippen MR) is 79.8 cm³/mol. The van der Waals surface area contributed by atoms with E-state index in [1.54, 1.807) is 18.3 Å². The first-order chi connectivity index (χ1) is 9.98. The van der Waals surface area contributed by atoms with Crippen LogP contribution in [0, 0.1) is 0 Å². The normalized spacial score (nSPS) is 11.1. The molecule has 5 nitrogen and oxygen atoms in total. The quantitative estimate of drug-likeness (QED) is 0.907. The summed E-state index contributed by atoms with van der Waals surface area (Å²) in [6, 6.07) is 11.8. The van der Waals surface area contributed by atoms with Crippen LogP contribution in [0.1, 0.15) is 16.1 Å². The lowest BCUT2D eigenvalue weighted by Crippen LogP contribution is -2.27. The molecule has 2 rings (SSSR count). The van der Waals surface area contributed by atoms with E-state index in [9.17, 15) is 13.2 Å². The SMILES string of the molecule is CS(=O)(=O)c1ccccc1C(=O)NCCc1ccccn1. The molecule has 1 aromatic heterocycles. The lowest BCUT2D eigenvalue weighted by atomic mass is 10.2. The van der Waals surface area contributed by atoms with Gasteiger partial charge in [0.05, 0.1) is 10.5 Å². The smallest absolute Gasteiger partial charge is 0.252 e. The van der Waals surface area contributed by atoms with Crippen LogP contribution in [0.5, 0.6) is 0 Å². The van der Waals surface area contributed by atoms with Crippen molar-refractivity contribution >= 4 is 15.7 Å². The maximum atomic E-state index is 12.1. The van der Waals surface area contributed by atoms with E-state index in [0.717, 1.165) is 11.9 Å². The molecule has 0 spiro atoms. The molecule has 0 saturated heterocycles. The van der Waals surface area contributed by atoms with Crippen LogP contribution >= 0.6 is 0 Å². The van der Waals surface area contributed by atoms with Crippen LogP contribution in [0.2, 0.25) is 0 Å². The number of rotatable bonds is 5. The van der Waals surface area contributed by atoms with Crippen molar-refractivity contribution < 1.29 is 13.2 Å². The molecule has 0 bridgehead atoms. The molecule has 0 unspecified atom stereocenters. The Labute approximate surface area is 124 Å². The molecule has 6 heteroatoms. The lowest BCUT2D eigenvalue weighted by molar-refractivity contribution is 0.0951. The van der Waals surface area contributed by atoms with Crippen molar-refractivity contribution in [1.82, 2.24) is 10.3 Å². The lowest BCUT2D eigenvalue weighted by Gasteiger charge is -2.08. The van der Waals surface area contributed by atoms with E-state index in [0.29, 0.717) is 13.0 Å². The molecule has 21 heavy (non-hydrogen) atoms. The molecule has 1 aromatic carbocycles. The van der Waals surface area contributed by atoms with E-state index in [2.05, 4.69) is 10.3 Å². The van der Waals surface area contributed by atoms with Gasteiger partial charge in [0.1, 0.15) is 0 Å². The number of sulfone groups is 1. The molecular weight excluding hydrogens is 288 g/mol. The highest BCUT2D eigenvalue weighted by molar-refractivity contribution is 7.90. The molecule has 1 heterocycles. The molecule has 0 aliphatic rings. The van der Waals surface area contributed by atoms with Crippen molar-refractivity contribution in [2.75, 3.05) is 12.8 Å². The Morgan fingerprint density at radius 3 is 2.52 bits per heavy atom. The summed E-state index contributed by atoms with van der Waals surface area (Å²) in [5.41, 5.74) is 1.04. The highest BCUT2D eigenvalue weighted by atomic mass is 32.2. The van der Waals surface area contributed by atoms with Gasteiger partial charge in [0.25, 0.3) is 5.91 Å². The molecule has 110 valence electrons. The predicted octanol–water partition coefficient (Wildman–Crippen LogP) is 1.46. The molecule has 0 radical (unpaired) electrons. The zero-order valence-electron chi connectivity index (χ0n) is 11.6. The zero-order valence-corrected chi connectivity index (χ0v) is 12.4. The number of nitrogens with one attached hydrogen (secondary N) is 1. The second-order valence-electron chi connectivity index (χ2n) is 4.60. The number of aromatic nitrogens is 1. The van der Waals surface area contributed by atoms with Gasteiger partial charge in [-0.05, 0) is 24.3 Å². The van der Waals surface area contributed by atoms with Crippen LogP contribution < -0.4 is 5.32 Å². The Morgan fingerprint density at radius 1 is 1.14 bits per heavy atom. The molecule has 2 aromatic rings. The fraction of sp³-hybridized carbons (Fsp3) is 0.200. The average molecular weight is 304 g/mol. The van der Waals surface area contributed by atoms with Crippen molar-refractivity contribution in [2.24, 2.45) is 0 Å². The van der Waals surface area contributed by atoms with Crippen LogP contribution in [-0.2, 0) is 16.3 Å². The highest BCUT2D eigenvalue weighted by Gasteiger charge is 2.17. The van der Waals surface area contributed by atoms with E-state index in [1.165, 1.54) is 12.1 Å². The molecule has 1 N–H and O–H groups in total. The summed E-state index contributed by atoms with van der Waals surface area (Å²) < 4.78 is 23.3. The van der Waals surface area contributed by atoms with Crippen molar-refractivity contribution in [3.8, 4) is 0 Å². The number of carbonyl (C=O) groups excluding carboxylic acids is 1. The van der Waals surface area contributed by atoms with E-state index in [1.807, 2.05) is 18.2 Å². The number of nitrogens with zero attached hydrogens (tertiary/aromatic N) is 1. The minimum absolute atomic E-state index is 0.0420. The van der Waals surface area contributed by atoms with Crippen molar-refractivity contribution in [3.63, 3.8) is 0 Å². The average Bonchev–Trinajstić information content (AvgIpc) is 2.47. The van der Waals surface area contributed by atoms with Gasteiger partial charge >= 0.3 is 0 Å². The van der Waals surface area contributed by atoms with Gasteiger partial charge in [0.15, 0.2) is 9.84 Å². The summed E-state index contributed by atoms with van der Waals surface area (Å²) in [4.78, 5) is 16.3. The van der Waals surface area contributed by atoms with Crippen molar-refractivity contribution in [3.05, 3.63) is 59.9 Å². The third kappa shape index (κ3) is 4.13. The van der Waals surface area contributed by atoms with Gasteiger partial charge in [-0.3, -0.25) is 9.78 Å². The van der Waals surface area contributed by atoms with Crippen molar-refractivity contribution in [2.45, 2.75) is 11.3 Å². The van der Waals surface area contributed by atoms with E-state index < -0.39 is 15.7 Å². The third-order valence-corrected chi connectivity index (χ3v) is 4.08. The molecule has 0 aliphatic heterocycles. The molecule has 0 atom stereocenters. The maximum absolute atomic E-state index is 12.1. The van der Waals surface area contributed by atoms with Crippen LogP contribution in [0.15, 0.2) is 53.6 Å². The van der Waals surface area contributed by atoms with E-state index >= 15 is 0 Å². The van der Waals surface area contributed by atoms with Gasteiger partial charge < -0.3 is 5.32 Å². The number of hydrogen-bond acceptors (Lipinski definition) is 4. The van der Waals surface area contributed by atoms with Gasteiger partial charge in [-0.25, -0.2) is 8.42 Å². The van der Waals surface area contributed by atoms with Gasteiger partial charge in [-0.1, -0.05) is 18.2 Å². The van der Waals surface area contributed by atoms with E-state index in [4.69, 9.17) is 0 Å². The number of carbonyl (C=O) groups is 1. The van der Waals surface area contributed by atoms with Gasteiger partial charge in [-0.15, -0.1) is 0 Å². The Balaban J connectivity index is 2.05. The highest BCUT2D eigenvalue weighted by Crippen LogP contribution is 2.14. The molecular formula is C15H16N2O3S. The Kier molecular flexibility index (Phi) is 4.70. The van der Waals surface area contributed by atoms with Crippen molar-refractivity contribution in [1.29, 1.82) is 0 Å². The monoisotopic (exact) mass is 304 g/mol. The largest absolute Gasteiger partial charge is 0.352 e. The maximum Gasteiger partial charge on any atom is 0.252 e. The first-order valence-electron chi connectivity index (χ1n) is 6.45. The van der Waals surface area contributed by atoms with Crippen LogP contribution in [0.3, 0.4) is 0 Å². The topological polar surface area (TPSA) is 76.1 Å². The molecule has 0 aliphatic carbocycles. The summed E-state index contributed by atoms with van der Waals surface area (Å²) in [7, 11) is -3.43. The summed E-state index contributed by atoms with van der Waals surface area (Å²) in [5.74, 6) is -0.396. The van der Waals surface area contributed by atoms with Gasteiger partial charge in [0, 0.05) is 31.1 Å². The number of amides is 1. The summed E-state index contributed by atoms with van der Waals surface area (Å²) in [5, 5.41) is 2.72. The first-order valence-corrected chi connectivity index (χ1v) is 8.35. The Hall–Kier alpha value is -2.21. The Morgan fingerprint density at radius 2 is 1.86 bits per heavy atom. The van der Waals surface area contributed by atoms with Crippen LogP contribution in [0.25, 0.3) is 0 Å². The van der Waals surface area contributed by atoms with E-state index in [-0.39, 0.29) is 10.5 Å². The minimum atomic E-state index is -3.43. The third-order valence-electron chi connectivity index (χ3n) is 2.92. The molecule has 1 amide bonds. The number of pyridine rings is 1. The fourth-order valence-electron chi connectivity index (χ4n) is 1.92. The van der Waals surface area contributed by atoms with Crippen LogP contribution in [-0.4, -0.2) is 32.1 Å². The summed E-state index contributed by atoms with van der Waals surface area (Å²) in [6.45, 7) is 0.397. The standard InChI is InChI=1S/C15H16N2O3S/c1-21(19,20)14-8-3-2-7-13(14)15(18)17-11-9-12-6-4-5-10-16-12/h2-8,10H,9,11H2,1H3,(H,17,18). The summed E-state index contributed by atoms with van der Waals surface area (Å²) in [6.07, 6.45) is 3.37. The zero-order chi connectivity index (χ0) is 15.3. The Bertz CT molecular complexity index is 728. The van der Waals surface area contributed by atoms with Gasteiger partial charge in [-0.2, -0.15) is 0 Å². The molecule has 0 fully saturated rings. The number of hydrogen-bond donors (Lipinski definition) is 1. The second-order valence-corrected chi connectivity index (χ2v) is 6.58. The first kappa shape index (κ1) is 15.2. The summed E-state index contributed by atoms with van der Waals surface area (Å²) >= 11 is 0. The molecule has 0 saturated carbocycles. The van der Waals surface area contributed by atoms with Gasteiger partial charge in [0.2, 0.25) is 0 Å². The minimum Gasteiger partial charge on any atom is -0.352 e. The number of benzene rings is 1.